The summed E-state index contributed by atoms with van der Waals surface area (Å²) in [6, 6.07) is 11.4. The number of alkyl halides is 3. The van der Waals surface area contributed by atoms with Crippen LogP contribution in [0.2, 0.25) is 0 Å². The van der Waals surface area contributed by atoms with Gasteiger partial charge in [0.05, 0.1) is 17.7 Å². The average molecular weight is 597 g/mol. The summed E-state index contributed by atoms with van der Waals surface area (Å²) in [4.78, 5) is 38.9. The zero-order chi connectivity index (χ0) is 30.6. The number of halogens is 3. The largest absolute Gasteiger partial charge is 0.478 e. The van der Waals surface area contributed by atoms with Gasteiger partial charge in [-0.3, -0.25) is 14.6 Å². The van der Waals surface area contributed by atoms with E-state index in [1.165, 1.54) is 0 Å². The van der Waals surface area contributed by atoms with Gasteiger partial charge in [-0.2, -0.15) is 13.2 Å². The highest BCUT2D eigenvalue weighted by molar-refractivity contribution is 6.01. The monoisotopic (exact) mass is 596 g/mol. The maximum Gasteiger partial charge on any atom is 0.417 e. The zero-order valence-corrected chi connectivity index (χ0v) is 24.2. The Morgan fingerprint density at radius 1 is 1.12 bits per heavy atom. The molecule has 0 saturated carbocycles. The lowest BCUT2D eigenvalue weighted by Crippen LogP contribution is -2.55. The fourth-order valence-electron chi connectivity index (χ4n) is 5.60. The topological polar surface area (TPSA) is 99.7 Å². The minimum absolute atomic E-state index is 0.0223. The molecule has 228 valence electrons. The fraction of sp³-hybridized carbons (Fsp3) is 0.419. The maximum absolute atomic E-state index is 13.7. The molecule has 2 N–H and O–H groups in total. The van der Waals surface area contributed by atoms with Gasteiger partial charge in [-0.05, 0) is 68.3 Å². The molecule has 4 heterocycles. The molecule has 9 nitrogen and oxygen atoms in total. The SMILES string of the molecule is CCOc1ncccc1-c1ccc(N2CCN(C(=O)c3ccc(C(F)(F)F)cn3)C[C@H]2CC)c(C(=O)N[C@@H]2CCNC2)c1. The van der Waals surface area contributed by atoms with Gasteiger partial charge in [-0.25, -0.2) is 4.98 Å². The van der Waals surface area contributed by atoms with Crippen LogP contribution in [0.3, 0.4) is 0 Å². The number of hydrogen-bond acceptors (Lipinski definition) is 7. The average Bonchev–Trinajstić information content (AvgIpc) is 3.53. The van der Waals surface area contributed by atoms with Gasteiger partial charge in [-0.15, -0.1) is 0 Å². The zero-order valence-electron chi connectivity index (χ0n) is 24.2. The maximum atomic E-state index is 13.7. The molecule has 3 aromatic rings. The molecular weight excluding hydrogens is 561 g/mol. The highest BCUT2D eigenvalue weighted by atomic mass is 19.4. The lowest BCUT2D eigenvalue weighted by molar-refractivity contribution is -0.137. The lowest BCUT2D eigenvalue weighted by Gasteiger charge is -2.43. The summed E-state index contributed by atoms with van der Waals surface area (Å²) in [6.07, 6.45) is -0.656. The van der Waals surface area contributed by atoms with E-state index in [9.17, 15) is 22.8 Å². The van der Waals surface area contributed by atoms with Gasteiger partial charge in [0.2, 0.25) is 5.88 Å². The first-order valence-electron chi connectivity index (χ1n) is 14.5. The standard InChI is InChI=1S/C31H35F3N6O3/c1-3-23-19-39(30(42)26-9-8-21(17-37-26)31(32,33)34)14-15-40(23)27-10-7-20(24-6-5-12-36-29(24)43-4-2)16-25(27)28(41)38-22-11-13-35-18-22/h5-10,12,16-17,22-23,35H,3-4,11,13-15,18-19H2,1-2H3,(H,38,41)/t22-,23-/m1/s1. The van der Waals surface area contributed by atoms with Crippen molar-refractivity contribution in [3.8, 4) is 17.0 Å². The van der Waals surface area contributed by atoms with Crippen molar-refractivity contribution in [2.24, 2.45) is 0 Å². The minimum atomic E-state index is -4.52. The molecular formula is C31H35F3N6O3. The van der Waals surface area contributed by atoms with E-state index in [1.54, 1.807) is 11.1 Å². The molecule has 0 aliphatic carbocycles. The summed E-state index contributed by atoms with van der Waals surface area (Å²) in [5.41, 5.74) is 1.90. The number of nitrogens with one attached hydrogen (secondary N) is 2. The van der Waals surface area contributed by atoms with Crippen molar-refractivity contribution in [2.75, 3.05) is 44.2 Å². The second-order valence-electron chi connectivity index (χ2n) is 10.6. The normalized spacial score (nSPS) is 18.9. The number of amides is 2. The van der Waals surface area contributed by atoms with Crippen LogP contribution in [0.1, 0.15) is 53.1 Å². The molecule has 2 fully saturated rings. The van der Waals surface area contributed by atoms with Crippen molar-refractivity contribution in [2.45, 2.75) is 44.9 Å². The van der Waals surface area contributed by atoms with Crippen LogP contribution in [0.5, 0.6) is 5.88 Å². The van der Waals surface area contributed by atoms with Gasteiger partial charge in [0.25, 0.3) is 11.8 Å². The van der Waals surface area contributed by atoms with E-state index in [2.05, 4.69) is 25.5 Å². The second kappa shape index (κ2) is 13.0. The van der Waals surface area contributed by atoms with E-state index < -0.39 is 17.6 Å². The van der Waals surface area contributed by atoms with E-state index in [1.807, 2.05) is 44.2 Å². The number of pyridine rings is 2. The quantitative estimate of drug-likeness (QED) is 0.398. The number of benzene rings is 1. The molecule has 12 heteroatoms. The second-order valence-corrected chi connectivity index (χ2v) is 10.6. The summed E-state index contributed by atoms with van der Waals surface area (Å²) in [6.45, 7) is 6.99. The van der Waals surface area contributed by atoms with Crippen molar-refractivity contribution in [3.05, 3.63) is 71.7 Å². The predicted molar refractivity (Wildman–Crippen MR) is 156 cm³/mol. The molecule has 2 aromatic heterocycles. The first kappa shape index (κ1) is 30.3. The Morgan fingerprint density at radius 2 is 1.95 bits per heavy atom. The Labute approximate surface area is 248 Å². The van der Waals surface area contributed by atoms with Crippen LogP contribution in [-0.2, 0) is 6.18 Å². The molecule has 0 spiro atoms. The number of anilines is 1. The van der Waals surface area contributed by atoms with Gasteiger partial charge < -0.3 is 25.2 Å². The Bertz CT molecular complexity index is 1440. The molecule has 43 heavy (non-hydrogen) atoms. The molecule has 2 amide bonds. The molecule has 2 atom stereocenters. The van der Waals surface area contributed by atoms with Gasteiger partial charge in [0, 0.05) is 61.9 Å². The van der Waals surface area contributed by atoms with Crippen LogP contribution < -0.4 is 20.3 Å². The summed E-state index contributed by atoms with van der Waals surface area (Å²) >= 11 is 0. The number of rotatable bonds is 8. The number of hydrogen-bond donors (Lipinski definition) is 2. The van der Waals surface area contributed by atoms with E-state index in [0.717, 1.165) is 41.9 Å². The Hall–Kier alpha value is -4.19. The van der Waals surface area contributed by atoms with Crippen LogP contribution in [-0.4, -0.2) is 78.1 Å². The van der Waals surface area contributed by atoms with Crippen LogP contribution in [0.15, 0.2) is 54.9 Å². The van der Waals surface area contributed by atoms with Gasteiger partial charge in [0.15, 0.2) is 0 Å². The van der Waals surface area contributed by atoms with E-state index in [-0.39, 0.29) is 23.7 Å². The third-order valence-corrected chi connectivity index (χ3v) is 7.86. The third-order valence-electron chi connectivity index (χ3n) is 7.86. The van der Waals surface area contributed by atoms with Gasteiger partial charge in [0.1, 0.15) is 5.69 Å². The molecule has 2 aliphatic heterocycles. The molecule has 2 saturated heterocycles. The third kappa shape index (κ3) is 6.74. The fourth-order valence-corrected chi connectivity index (χ4v) is 5.60. The number of aromatic nitrogens is 2. The summed E-state index contributed by atoms with van der Waals surface area (Å²) in [7, 11) is 0. The Kier molecular flexibility index (Phi) is 9.14. The minimum Gasteiger partial charge on any atom is -0.478 e. The van der Waals surface area contributed by atoms with E-state index in [0.29, 0.717) is 56.8 Å². The van der Waals surface area contributed by atoms with Gasteiger partial charge in [-0.1, -0.05) is 13.0 Å². The van der Waals surface area contributed by atoms with Crippen molar-refractivity contribution in [1.29, 1.82) is 0 Å². The molecule has 1 aromatic carbocycles. The molecule has 2 aliphatic rings. The van der Waals surface area contributed by atoms with Gasteiger partial charge >= 0.3 is 6.18 Å². The summed E-state index contributed by atoms with van der Waals surface area (Å²) < 4.78 is 44.7. The molecule has 5 rings (SSSR count). The number of nitrogens with zero attached hydrogens (tertiary/aromatic N) is 4. The first-order valence-corrected chi connectivity index (χ1v) is 14.5. The molecule has 0 unspecified atom stereocenters. The van der Waals surface area contributed by atoms with E-state index >= 15 is 0 Å². The lowest BCUT2D eigenvalue weighted by atomic mass is 9.99. The van der Waals surface area contributed by atoms with Crippen molar-refractivity contribution in [1.82, 2.24) is 25.5 Å². The van der Waals surface area contributed by atoms with Crippen LogP contribution in [0, 0.1) is 0 Å². The van der Waals surface area contributed by atoms with Crippen LogP contribution in [0.25, 0.3) is 11.1 Å². The number of carbonyl (C=O) groups is 2. The predicted octanol–water partition coefficient (Wildman–Crippen LogP) is 4.39. The Balaban J connectivity index is 1.42. The smallest absolute Gasteiger partial charge is 0.417 e. The molecule has 0 bridgehead atoms. The van der Waals surface area contributed by atoms with Crippen LogP contribution in [0.4, 0.5) is 18.9 Å². The summed E-state index contributed by atoms with van der Waals surface area (Å²) in [5.74, 6) is -0.122. The first-order chi connectivity index (χ1) is 20.7. The number of ether oxygens (including phenoxy) is 1. The summed E-state index contributed by atoms with van der Waals surface area (Å²) in [5, 5.41) is 6.43. The van der Waals surface area contributed by atoms with Crippen molar-refractivity contribution >= 4 is 17.5 Å². The van der Waals surface area contributed by atoms with Crippen molar-refractivity contribution < 1.29 is 27.5 Å². The number of carbonyl (C=O) groups excluding carboxylic acids is 2. The Morgan fingerprint density at radius 3 is 2.63 bits per heavy atom. The highest BCUT2D eigenvalue weighted by Gasteiger charge is 2.34. The van der Waals surface area contributed by atoms with Crippen molar-refractivity contribution in [3.63, 3.8) is 0 Å². The highest BCUT2D eigenvalue weighted by Crippen LogP contribution is 2.34. The van der Waals surface area contributed by atoms with E-state index in [4.69, 9.17) is 4.74 Å². The molecule has 0 radical (unpaired) electrons. The van der Waals surface area contributed by atoms with Crippen LogP contribution >= 0.6 is 0 Å². The number of piperazine rings is 1.